The molecule has 1 N–H and O–H groups in total. The van der Waals surface area contributed by atoms with Crippen molar-refractivity contribution in [3.8, 4) is 16.9 Å². The van der Waals surface area contributed by atoms with Crippen LogP contribution in [0.1, 0.15) is 36.5 Å². The van der Waals surface area contributed by atoms with E-state index in [1.54, 1.807) is 0 Å². The Morgan fingerprint density at radius 2 is 1.39 bits per heavy atom. The Morgan fingerprint density at radius 1 is 0.889 bits per heavy atom. The first-order chi connectivity index (χ1) is 8.49. The van der Waals surface area contributed by atoms with E-state index in [1.165, 1.54) is 16.7 Å². The molecule has 0 bridgehead atoms. The molecule has 1 heteroatoms. The van der Waals surface area contributed by atoms with Gasteiger partial charge in [-0.2, -0.15) is 0 Å². The Morgan fingerprint density at radius 3 is 1.83 bits per heavy atom. The summed E-state index contributed by atoms with van der Waals surface area (Å²) in [6, 6.07) is 12.3. The first kappa shape index (κ1) is 12.7. The molecule has 18 heavy (non-hydrogen) atoms. The summed E-state index contributed by atoms with van der Waals surface area (Å²) in [6.07, 6.45) is 0. The molecule has 0 saturated heterocycles. The van der Waals surface area contributed by atoms with Crippen molar-refractivity contribution in [2.45, 2.75) is 33.6 Å². The second-order valence-electron chi connectivity index (χ2n) is 5.23. The van der Waals surface area contributed by atoms with E-state index in [0.29, 0.717) is 11.7 Å². The number of hydrogen-bond donors (Lipinski definition) is 1. The highest BCUT2D eigenvalue weighted by Crippen LogP contribution is 2.31. The summed E-state index contributed by atoms with van der Waals surface area (Å²) in [5.74, 6) is 0.897. The molecule has 0 aliphatic carbocycles. The predicted octanol–water partition coefficient (Wildman–Crippen LogP) is 4.80. The molecule has 0 fully saturated rings. The van der Waals surface area contributed by atoms with Crippen LogP contribution in [0.3, 0.4) is 0 Å². The van der Waals surface area contributed by atoms with E-state index in [-0.39, 0.29) is 0 Å². The number of phenolic OH excluding ortho intramolecular Hbond substituents is 1. The molecule has 0 radical (unpaired) electrons. The quantitative estimate of drug-likeness (QED) is 0.799. The highest BCUT2D eigenvalue weighted by molar-refractivity contribution is 5.72. The Balaban J connectivity index is 2.49. The van der Waals surface area contributed by atoms with Crippen LogP contribution >= 0.6 is 0 Å². The van der Waals surface area contributed by atoms with Crippen molar-refractivity contribution in [2.75, 3.05) is 0 Å². The summed E-state index contributed by atoms with van der Waals surface area (Å²) < 4.78 is 0. The minimum atomic E-state index is 0.340. The molecule has 2 aromatic rings. The van der Waals surface area contributed by atoms with Crippen LogP contribution in [0.2, 0.25) is 0 Å². The van der Waals surface area contributed by atoms with Gasteiger partial charge in [-0.25, -0.2) is 0 Å². The lowest BCUT2D eigenvalue weighted by Crippen LogP contribution is -1.90. The monoisotopic (exact) mass is 240 g/mol. The zero-order chi connectivity index (χ0) is 13.3. The third kappa shape index (κ3) is 2.40. The fourth-order valence-corrected chi connectivity index (χ4v) is 2.43. The van der Waals surface area contributed by atoms with Crippen molar-refractivity contribution in [3.05, 3.63) is 53.1 Å². The van der Waals surface area contributed by atoms with Crippen LogP contribution in [0, 0.1) is 13.8 Å². The SMILES string of the molecule is Cc1cc(O)cc(C)c1-c1ccc(C(C)C)cc1. The molecule has 0 aliphatic heterocycles. The topological polar surface area (TPSA) is 20.2 Å². The predicted molar refractivity (Wildman–Crippen MR) is 77.1 cm³/mol. The number of aryl methyl sites for hydroxylation is 2. The van der Waals surface area contributed by atoms with Gasteiger partial charge in [0, 0.05) is 0 Å². The molecule has 0 unspecified atom stereocenters. The molecule has 94 valence electrons. The van der Waals surface area contributed by atoms with Gasteiger partial charge in [0.05, 0.1) is 0 Å². The van der Waals surface area contributed by atoms with Crippen LogP contribution in [0.25, 0.3) is 11.1 Å². The van der Waals surface area contributed by atoms with Gasteiger partial charge in [0.25, 0.3) is 0 Å². The summed E-state index contributed by atoms with van der Waals surface area (Å²) in [5.41, 5.74) is 6.03. The first-order valence-electron chi connectivity index (χ1n) is 6.39. The molecular weight excluding hydrogens is 220 g/mol. The van der Waals surface area contributed by atoms with Crippen LogP contribution in [0.5, 0.6) is 5.75 Å². The third-order valence-corrected chi connectivity index (χ3v) is 3.38. The molecule has 1 nitrogen and oxygen atoms in total. The fourth-order valence-electron chi connectivity index (χ4n) is 2.43. The van der Waals surface area contributed by atoms with E-state index in [2.05, 4.69) is 38.1 Å². The maximum atomic E-state index is 9.58. The van der Waals surface area contributed by atoms with Gasteiger partial charge in [-0.15, -0.1) is 0 Å². The minimum Gasteiger partial charge on any atom is -0.508 e. The van der Waals surface area contributed by atoms with Crippen LogP contribution in [0.15, 0.2) is 36.4 Å². The van der Waals surface area contributed by atoms with Gasteiger partial charge in [-0.3, -0.25) is 0 Å². The summed E-state index contributed by atoms with van der Waals surface area (Å²) in [5, 5.41) is 9.58. The molecule has 0 heterocycles. The molecule has 2 rings (SSSR count). The molecule has 0 atom stereocenters. The molecule has 0 aromatic heterocycles. The maximum Gasteiger partial charge on any atom is 0.116 e. The average Bonchev–Trinajstić information content (AvgIpc) is 2.28. The summed E-state index contributed by atoms with van der Waals surface area (Å²) in [7, 11) is 0. The minimum absolute atomic E-state index is 0.340. The van der Waals surface area contributed by atoms with Gasteiger partial charge in [-0.1, -0.05) is 38.1 Å². The largest absolute Gasteiger partial charge is 0.508 e. The molecule has 2 aromatic carbocycles. The smallest absolute Gasteiger partial charge is 0.116 e. The zero-order valence-electron chi connectivity index (χ0n) is 11.5. The maximum absolute atomic E-state index is 9.58. The van der Waals surface area contributed by atoms with Crippen molar-refractivity contribution in [3.63, 3.8) is 0 Å². The molecule has 0 spiro atoms. The summed E-state index contributed by atoms with van der Waals surface area (Å²) in [4.78, 5) is 0. The highest BCUT2D eigenvalue weighted by Gasteiger charge is 2.08. The van der Waals surface area contributed by atoms with E-state index in [4.69, 9.17) is 0 Å². The van der Waals surface area contributed by atoms with E-state index in [0.717, 1.165) is 11.1 Å². The summed E-state index contributed by atoms with van der Waals surface area (Å²) in [6.45, 7) is 8.48. The van der Waals surface area contributed by atoms with Crippen LogP contribution < -0.4 is 0 Å². The van der Waals surface area contributed by atoms with Gasteiger partial charge < -0.3 is 5.11 Å². The van der Waals surface area contributed by atoms with Gasteiger partial charge in [0.15, 0.2) is 0 Å². The van der Waals surface area contributed by atoms with Crippen molar-refractivity contribution >= 4 is 0 Å². The van der Waals surface area contributed by atoms with Gasteiger partial charge in [-0.05, 0) is 59.7 Å². The number of phenols is 1. The molecule has 0 saturated carbocycles. The molecule has 0 aliphatic rings. The van der Waals surface area contributed by atoms with Crippen molar-refractivity contribution < 1.29 is 5.11 Å². The molecular formula is C17H20O. The van der Waals surface area contributed by atoms with Crippen LogP contribution in [0.4, 0.5) is 0 Å². The van der Waals surface area contributed by atoms with Gasteiger partial charge in [0.2, 0.25) is 0 Å². The lowest BCUT2D eigenvalue weighted by molar-refractivity contribution is 0.474. The average molecular weight is 240 g/mol. The Bertz CT molecular complexity index is 527. The number of hydrogen-bond acceptors (Lipinski definition) is 1. The third-order valence-electron chi connectivity index (χ3n) is 3.38. The Labute approximate surface area is 109 Å². The van der Waals surface area contributed by atoms with Gasteiger partial charge in [0.1, 0.15) is 5.75 Å². The zero-order valence-corrected chi connectivity index (χ0v) is 11.5. The first-order valence-corrected chi connectivity index (χ1v) is 6.39. The van der Waals surface area contributed by atoms with Crippen molar-refractivity contribution in [2.24, 2.45) is 0 Å². The van der Waals surface area contributed by atoms with E-state index in [1.807, 2.05) is 26.0 Å². The highest BCUT2D eigenvalue weighted by atomic mass is 16.3. The second-order valence-corrected chi connectivity index (χ2v) is 5.23. The Kier molecular flexibility index (Phi) is 3.42. The van der Waals surface area contributed by atoms with E-state index < -0.39 is 0 Å². The molecule has 0 amide bonds. The number of aromatic hydroxyl groups is 1. The van der Waals surface area contributed by atoms with Crippen molar-refractivity contribution in [1.82, 2.24) is 0 Å². The number of benzene rings is 2. The normalized spacial score (nSPS) is 10.9. The number of rotatable bonds is 2. The lowest BCUT2D eigenvalue weighted by Gasteiger charge is -2.12. The van der Waals surface area contributed by atoms with Crippen LogP contribution in [-0.4, -0.2) is 5.11 Å². The lowest BCUT2D eigenvalue weighted by atomic mass is 9.93. The standard InChI is InChI=1S/C17H20O/c1-11(2)14-5-7-15(8-6-14)17-12(3)9-16(18)10-13(17)4/h5-11,18H,1-4H3. The second kappa shape index (κ2) is 4.85. The van der Waals surface area contributed by atoms with Crippen molar-refractivity contribution in [1.29, 1.82) is 0 Å². The van der Waals surface area contributed by atoms with E-state index in [9.17, 15) is 5.11 Å². The van der Waals surface area contributed by atoms with E-state index >= 15 is 0 Å². The van der Waals surface area contributed by atoms with Gasteiger partial charge >= 0.3 is 0 Å². The fraction of sp³-hybridized carbons (Fsp3) is 0.294. The summed E-state index contributed by atoms with van der Waals surface area (Å²) >= 11 is 0. The Hall–Kier alpha value is -1.76. The van der Waals surface area contributed by atoms with Crippen LogP contribution in [-0.2, 0) is 0 Å².